The minimum absolute atomic E-state index is 0.000441. The van der Waals surface area contributed by atoms with E-state index >= 15 is 0 Å². The lowest BCUT2D eigenvalue weighted by Gasteiger charge is -2.18. The number of amides is 2. The van der Waals surface area contributed by atoms with Gasteiger partial charge in [-0.1, -0.05) is 44.2 Å². The van der Waals surface area contributed by atoms with E-state index in [0.717, 1.165) is 33.8 Å². The summed E-state index contributed by atoms with van der Waals surface area (Å²) >= 11 is 2.92. The number of carbonyl (C=O) groups excluding carboxylic acids is 2. The topological polar surface area (TPSA) is 58.2 Å². The maximum absolute atomic E-state index is 13.0. The van der Waals surface area contributed by atoms with Crippen LogP contribution in [-0.4, -0.2) is 17.1 Å². The summed E-state index contributed by atoms with van der Waals surface area (Å²) in [6.07, 6.45) is 1.57. The van der Waals surface area contributed by atoms with Gasteiger partial charge in [0, 0.05) is 16.3 Å². The molecule has 1 heterocycles. The van der Waals surface area contributed by atoms with E-state index in [1.54, 1.807) is 6.07 Å². The van der Waals surface area contributed by atoms with Crippen molar-refractivity contribution >= 4 is 46.3 Å². The second kappa shape index (κ2) is 10.5. The van der Waals surface area contributed by atoms with Crippen LogP contribution in [0, 0.1) is 6.92 Å². The first kappa shape index (κ1) is 22.1. The van der Waals surface area contributed by atoms with Gasteiger partial charge in [0.2, 0.25) is 5.91 Å². The molecule has 0 saturated heterocycles. The van der Waals surface area contributed by atoms with E-state index in [1.165, 1.54) is 23.1 Å². The van der Waals surface area contributed by atoms with Crippen molar-refractivity contribution < 1.29 is 9.59 Å². The molecule has 0 spiro atoms. The van der Waals surface area contributed by atoms with E-state index in [1.807, 2.05) is 61.7 Å². The van der Waals surface area contributed by atoms with Crippen LogP contribution < -0.4 is 10.6 Å². The molecule has 2 amide bonds. The second-order valence-electron chi connectivity index (χ2n) is 6.93. The number of rotatable bonds is 8. The molecule has 4 nitrogen and oxygen atoms in total. The Morgan fingerprint density at radius 3 is 2.53 bits per heavy atom. The fraction of sp³-hybridized carbons (Fsp3) is 0.250. The molecule has 30 heavy (non-hydrogen) atoms. The molecule has 2 N–H and O–H groups in total. The zero-order valence-electron chi connectivity index (χ0n) is 17.4. The Morgan fingerprint density at radius 1 is 1.03 bits per heavy atom. The van der Waals surface area contributed by atoms with Crippen LogP contribution in [-0.2, 0) is 11.2 Å². The molecule has 1 unspecified atom stereocenters. The van der Waals surface area contributed by atoms with Gasteiger partial charge in [-0.25, -0.2) is 0 Å². The van der Waals surface area contributed by atoms with E-state index in [0.29, 0.717) is 11.3 Å². The van der Waals surface area contributed by atoms with Gasteiger partial charge in [-0.15, -0.1) is 23.1 Å². The third-order valence-electron chi connectivity index (χ3n) is 4.77. The number of aryl methyl sites for hydroxylation is 2. The average Bonchev–Trinajstić information content (AvgIpc) is 3.28. The van der Waals surface area contributed by atoms with Crippen LogP contribution >= 0.6 is 23.1 Å². The number of carbonyl (C=O) groups is 2. The molecule has 0 aliphatic heterocycles. The summed E-state index contributed by atoms with van der Waals surface area (Å²) in [4.78, 5) is 26.9. The first-order chi connectivity index (χ1) is 14.5. The molecule has 156 valence electrons. The van der Waals surface area contributed by atoms with Gasteiger partial charge in [0.1, 0.15) is 0 Å². The Labute approximate surface area is 186 Å². The van der Waals surface area contributed by atoms with Crippen molar-refractivity contribution in [3.63, 3.8) is 0 Å². The number of hydrogen-bond donors (Lipinski definition) is 2. The molecule has 2 aromatic carbocycles. The smallest absolute Gasteiger partial charge is 0.265 e. The van der Waals surface area contributed by atoms with Crippen molar-refractivity contribution in [3.8, 4) is 0 Å². The monoisotopic (exact) mass is 438 g/mol. The first-order valence-corrected chi connectivity index (χ1v) is 11.8. The number of anilines is 2. The zero-order chi connectivity index (χ0) is 21.5. The maximum atomic E-state index is 13.0. The predicted molar refractivity (Wildman–Crippen MR) is 128 cm³/mol. The molecule has 0 fully saturated rings. The van der Waals surface area contributed by atoms with Gasteiger partial charge >= 0.3 is 0 Å². The van der Waals surface area contributed by atoms with E-state index in [4.69, 9.17) is 0 Å². The number of hydrogen-bond acceptors (Lipinski definition) is 4. The molecule has 0 aliphatic carbocycles. The van der Waals surface area contributed by atoms with Crippen LogP contribution in [0.4, 0.5) is 11.4 Å². The normalized spacial score (nSPS) is 11.7. The van der Waals surface area contributed by atoms with E-state index in [2.05, 4.69) is 23.6 Å². The molecule has 1 atom stereocenters. The van der Waals surface area contributed by atoms with E-state index < -0.39 is 0 Å². The lowest BCUT2D eigenvalue weighted by Crippen LogP contribution is -2.25. The summed E-state index contributed by atoms with van der Waals surface area (Å²) < 4.78 is 0. The summed E-state index contributed by atoms with van der Waals surface area (Å²) in [5.41, 5.74) is 3.85. The van der Waals surface area contributed by atoms with Crippen LogP contribution in [0.5, 0.6) is 0 Å². The van der Waals surface area contributed by atoms with Gasteiger partial charge in [-0.05, 0) is 60.5 Å². The Bertz CT molecular complexity index is 1020. The quantitative estimate of drug-likeness (QED) is 0.401. The van der Waals surface area contributed by atoms with Crippen LogP contribution in [0.15, 0.2) is 64.9 Å². The highest BCUT2D eigenvalue weighted by atomic mass is 32.2. The number of thioether (sulfide) groups is 1. The van der Waals surface area contributed by atoms with Gasteiger partial charge in [0.25, 0.3) is 5.91 Å². The highest BCUT2D eigenvalue weighted by Gasteiger charge is 2.20. The molecule has 6 heteroatoms. The second-order valence-corrected chi connectivity index (χ2v) is 9.15. The van der Waals surface area contributed by atoms with Gasteiger partial charge in [-0.2, -0.15) is 0 Å². The lowest BCUT2D eigenvalue weighted by atomic mass is 10.1. The summed E-state index contributed by atoms with van der Waals surface area (Å²) in [6, 6.07) is 17.4. The number of nitrogens with one attached hydrogen (secondary N) is 2. The van der Waals surface area contributed by atoms with Gasteiger partial charge < -0.3 is 10.6 Å². The summed E-state index contributed by atoms with van der Waals surface area (Å²) in [6.45, 7) is 6.12. The highest BCUT2D eigenvalue weighted by molar-refractivity contribution is 8.00. The third-order valence-corrected chi connectivity index (χ3v) is 6.99. The van der Waals surface area contributed by atoms with Crippen LogP contribution in [0.2, 0.25) is 0 Å². The first-order valence-electron chi connectivity index (χ1n) is 10.0. The largest absolute Gasteiger partial charge is 0.325 e. The Balaban J connectivity index is 1.70. The molecule has 0 bridgehead atoms. The lowest BCUT2D eigenvalue weighted by molar-refractivity contribution is -0.115. The van der Waals surface area contributed by atoms with Crippen LogP contribution in [0.1, 0.15) is 41.1 Å². The molecule has 1 aromatic heterocycles. The summed E-state index contributed by atoms with van der Waals surface area (Å²) in [7, 11) is 0. The fourth-order valence-corrected chi connectivity index (χ4v) is 4.77. The number of benzene rings is 2. The molecular weight excluding hydrogens is 412 g/mol. The maximum Gasteiger partial charge on any atom is 0.265 e. The van der Waals surface area contributed by atoms with Crippen LogP contribution in [0.25, 0.3) is 0 Å². The van der Waals surface area contributed by atoms with Crippen molar-refractivity contribution in [1.82, 2.24) is 0 Å². The Hall–Kier alpha value is -2.57. The van der Waals surface area contributed by atoms with Crippen LogP contribution in [0.3, 0.4) is 0 Å². The van der Waals surface area contributed by atoms with Crippen molar-refractivity contribution in [2.24, 2.45) is 0 Å². The molecule has 3 rings (SSSR count). The van der Waals surface area contributed by atoms with E-state index in [9.17, 15) is 9.59 Å². The predicted octanol–water partition coefficient (Wildman–Crippen LogP) is 6.38. The molecule has 3 aromatic rings. The Kier molecular flexibility index (Phi) is 7.71. The molecule has 0 aliphatic rings. The number of thiophene rings is 1. The average molecular weight is 439 g/mol. The minimum Gasteiger partial charge on any atom is -0.325 e. The van der Waals surface area contributed by atoms with Gasteiger partial charge in [-0.3, -0.25) is 9.59 Å². The standard InChI is InChI=1S/C24H26N2O2S2/c1-4-17-10-6-9-16(3)22(17)26-23(27)20(5-2)30-19-12-7-11-18(15-19)25-24(28)21-13-8-14-29-21/h6-15,20H,4-5H2,1-3H3,(H,25,28)(H,26,27). The van der Waals surface area contributed by atoms with Crippen molar-refractivity contribution in [2.75, 3.05) is 10.6 Å². The summed E-state index contributed by atoms with van der Waals surface area (Å²) in [5, 5.41) is 7.72. The fourth-order valence-electron chi connectivity index (χ4n) is 3.14. The number of para-hydroxylation sites is 1. The zero-order valence-corrected chi connectivity index (χ0v) is 19.0. The third kappa shape index (κ3) is 5.52. The highest BCUT2D eigenvalue weighted by Crippen LogP contribution is 2.30. The summed E-state index contributed by atoms with van der Waals surface area (Å²) in [5.74, 6) is -0.122. The van der Waals surface area contributed by atoms with Crippen molar-refractivity contribution in [1.29, 1.82) is 0 Å². The van der Waals surface area contributed by atoms with E-state index in [-0.39, 0.29) is 17.1 Å². The van der Waals surface area contributed by atoms with Crippen molar-refractivity contribution in [3.05, 3.63) is 76.0 Å². The molecule has 0 saturated carbocycles. The Morgan fingerprint density at radius 2 is 1.83 bits per heavy atom. The molecular formula is C24H26N2O2S2. The van der Waals surface area contributed by atoms with Gasteiger partial charge in [0.15, 0.2) is 0 Å². The van der Waals surface area contributed by atoms with Gasteiger partial charge in [0.05, 0.1) is 10.1 Å². The minimum atomic E-state index is -0.224. The van der Waals surface area contributed by atoms with Crippen molar-refractivity contribution in [2.45, 2.75) is 43.8 Å². The SMILES string of the molecule is CCc1cccc(C)c1NC(=O)C(CC)Sc1cccc(NC(=O)c2cccs2)c1. The molecule has 0 radical (unpaired) electrons.